The van der Waals surface area contributed by atoms with Crippen LogP contribution in [0.5, 0.6) is 0 Å². The lowest BCUT2D eigenvalue weighted by molar-refractivity contribution is -0.121. The van der Waals surface area contributed by atoms with E-state index in [-0.39, 0.29) is 5.91 Å². The molecule has 4 aliphatic carbocycles. The van der Waals surface area contributed by atoms with Crippen LogP contribution in [0.1, 0.15) is 39.5 Å². The van der Waals surface area contributed by atoms with E-state index in [1.54, 1.807) is 18.0 Å². The van der Waals surface area contributed by atoms with Crippen LogP contribution in [0.4, 0.5) is 5.69 Å². The minimum absolute atomic E-state index is 0.0986. The summed E-state index contributed by atoms with van der Waals surface area (Å²) >= 11 is 0. The molecule has 1 amide bonds. The van der Waals surface area contributed by atoms with Gasteiger partial charge < -0.3 is 10.6 Å². The topological polar surface area (TPSA) is 57.3 Å². The number of pyridine rings is 1. The van der Waals surface area contributed by atoms with E-state index >= 15 is 0 Å². The fourth-order valence-electron chi connectivity index (χ4n) is 6.49. The molecule has 6 rings (SSSR count). The van der Waals surface area contributed by atoms with Crippen molar-refractivity contribution in [2.45, 2.75) is 45.6 Å². The number of carbonyl (C=O) groups is 1. The first-order valence-corrected chi connectivity index (χ1v) is 11.3. The number of likely N-dealkylation sites (tertiary alicyclic amines) is 1. The van der Waals surface area contributed by atoms with Crippen molar-refractivity contribution in [1.29, 1.82) is 0 Å². The van der Waals surface area contributed by atoms with Gasteiger partial charge in [0, 0.05) is 38.1 Å². The maximum atomic E-state index is 12.5. The molecule has 1 unspecified atom stereocenters. The largest absolute Gasteiger partial charge is 0.375 e. The Balaban J connectivity index is 1.14. The lowest BCUT2D eigenvalue weighted by Gasteiger charge is -2.57. The highest BCUT2D eigenvalue weighted by Crippen LogP contribution is 2.59. The Morgan fingerprint density at radius 3 is 2.72 bits per heavy atom. The molecule has 1 aromatic heterocycles. The maximum absolute atomic E-state index is 12.5. The minimum atomic E-state index is 0.0986. The van der Waals surface area contributed by atoms with Crippen molar-refractivity contribution >= 4 is 11.6 Å². The molecule has 0 aromatic carbocycles. The Hall–Kier alpha value is -1.88. The molecule has 29 heavy (non-hydrogen) atoms. The van der Waals surface area contributed by atoms with Crippen molar-refractivity contribution < 1.29 is 4.79 Å². The molecule has 5 aliphatic rings. The van der Waals surface area contributed by atoms with E-state index < -0.39 is 0 Å². The average molecular weight is 395 g/mol. The minimum Gasteiger partial charge on any atom is -0.375 e. The summed E-state index contributed by atoms with van der Waals surface area (Å²) in [7, 11) is 0. The molecule has 156 valence electrons. The smallest absolute Gasteiger partial charge is 0.239 e. The van der Waals surface area contributed by atoms with Gasteiger partial charge in [-0.05, 0) is 66.9 Å². The van der Waals surface area contributed by atoms with Gasteiger partial charge >= 0.3 is 0 Å². The van der Waals surface area contributed by atoms with Crippen molar-refractivity contribution in [2.24, 2.45) is 29.1 Å². The number of piperidine rings is 1. The number of anilines is 1. The van der Waals surface area contributed by atoms with Gasteiger partial charge in [0.2, 0.25) is 5.91 Å². The van der Waals surface area contributed by atoms with Crippen LogP contribution in [0.15, 0.2) is 36.2 Å². The molecule has 5 heteroatoms. The number of hydrogen-bond acceptors (Lipinski definition) is 4. The highest BCUT2D eigenvalue weighted by atomic mass is 16.2. The molecule has 0 spiro atoms. The fourth-order valence-corrected chi connectivity index (χ4v) is 6.49. The van der Waals surface area contributed by atoms with Crippen molar-refractivity contribution in [1.82, 2.24) is 15.2 Å². The van der Waals surface area contributed by atoms with Gasteiger partial charge in [0.1, 0.15) is 0 Å². The molecule has 1 aromatic rings. The van der Waals surface area contributed by atoms with E-state index in [1.165, 1.54) is 25.7 Å². The standard InChI is InChI=1S/C24H34N4O/c1-24(2)19-8-7-16(21(24)10-19)13-28-14-17-5-6-18(15-28)23(17)27-22(29)12-26-20-4-3-9-25-11-20/h3-4,7,9,11,17-19,21,23,26H,5-6,8,10,12-15H2,1-2H3,(H,27,29)/t17-,18+,19-,21-,23?/m0/s1. The van der Waals surface area contributed by atoms with E-state index in [4.69, 9.17) is 0 Å². The van der Waals surface area contributed by atoms with Gasteiger partial charge in [-0.1, -0.05) is 25.5 Å². The zero-order chi connectivity index (χ0) is 20.0. The van der Waals surface area contributed by atoms with Gasteiger partial charge in [-0.2, -0.15) is 0 Å². The Bertz CT molecular complexity index is 775. The molecule has 3 fully saturated rings. The normalized spacial score (nSPS) is 34.8. The summed E-state index contributed by atoms with van der Waals surface area (Å²) < 4.78 is 0. The van der Waals surface area contributed by atoms with Gasteiger partial charge in [0.25, 0.3) is 0 Å². The van der Waals surface area contributed by atoms with Crippen LogP contribution in [0, 0.1) is 29.1 Å². The van der Waals surface area contributed by atoms with Gasteiger partial charge in [-0.3, -0.25) is 14.7 Å². The molecular weight excluding hydrogens is 360 g/mol. The molecule has 5 nitrogen and oxygen atoms in total. The van der Waals surface area contributed by atoms with E-state index in [0.29, 0.717) is 29.8 Å². The number of rotatable bonds is 6. The number of aromatic nitrogens is 1. The van der Waals surface area contributed by atoms with E-state index in [2.05, 4.69) is 40.4 Å². The Kier molecular flexibility index (Phi) is 4.89. The van der Waals surface area contributed by atoms with Crippen LogP contribution in [-0.4, -0.2) is 48.0 Å². The third-order valence-electron chi connectivity index (χ3n) is 8.34. The fraction of sp³-hybridized carbons (Fsp3) is 0.667. The third kappa shape index (κ3) is 3.58. The first-order valence-electron chi connectivity index (χ1n) is 11.3. The zero-order valence-electron chi connectivity index (χ0n) is 17.7. The van der Waals surface area contributed by atoms with Crippen molar-refractivity contribution in [3.63, 3.8) is 0 Å². The molecule has 1 saturated heterocycles. The second-order valence-electron chi connectivity index (χ2n) is 10.3. The number of nitrogens with one attached hydrogen (secondary N) is 2. The summed E-state index contributed by atoms with van der Waals surface area (Å²) in [5.74, 6) is 3.01. The maximum Gasteiger partial charge on any atom is 0.239 e. The highest BCUT2D eigenvalue weighted by molar-refractivity contribution is 5.81. The molecule has 2 saturated carbocycles. The Morgan fingerprint density at radius 1 is 1.28 bits per heavy atom. The van der Waals surface area contributed by atoms with E-state index in [1.807, 2.05) is 12.1 Å². The van der Waals surface area contributed by atoms with Crippen LogP contribution in [-0.2, 0) is 4.79 Å². The predicted octanol–water partition coefficient (Wildman–Crippen LogP) is 3.31. The number of hydrogen-bond donors (Lipinski definition) is 2. The molecule has 0 radical (unpaired) electrons. The van der Waals surface area contributed by atoms with Gasteiger partial charge in [0.15, 0.2) is 0 Å². The average Bonchev–Trinajstić information content (AvgIpc) is 2.95. The summed E-state index contributed by atoms with van der Waals surface area (Å²) in [4.78, 5) is 19.3. The predicted molar refractivity (Wildman–Crippen MR) is 115 cm³/mol. The lowest BCUT2D eigenvalue weighted by atomic mass is 9.49. The molecule has 4 bridgehead atoms. The summed E-state index contributed by atoms with van der Waals surface area (Å²) in [6, 6.07) is 4.16. The second kappa shape index (κ2) is 7.42. The number of amides is 1. The number of fused-ring (bicyclic) bond motifs is 3. The van der Waals surface area contributed by atoms with Gasteiger partial charge in [0.05, 0.1) is 12.2 Å². The third-order valence-corrected chi connectivity index (χ3v) is 8.34. The molecule has 1 aliphatic heterocycles. The first-order chi connectivity index (χ1) is 14.0. The monoisotopic (exact) mass is 394 g/mol. The number of nitrogens with zero attached hydrogens (tertiary/aromatic N) is 2. The highest BCUT2D eigenvalue weighted by Gasteiger charge is 2.51. The molecule has 2 heterocycles. The van der Waals surface area contributed by atoms with E-state index in [9.17, 15) is 4.79 Å². The quantitative estimate of drug-likeness (QED) is 0.727. The van der Waals surface area contributed by atoms with Crippen LogP contribution in [0.2, 0.25) is 0 Å². The van der Waals surface area contributed by atoms with Gasteiger partial charge in [-0.15, -0.1) is 0 Å². The van der Waals surface area contributed by atoms with Crippen molar-refractivity contribution in [2.75, 3.05) is 31.5 Å². The van der Waals surface area contributed by atoms with Crippen LogP contribution < -0.4 is 10.6 Å². The van der Waals surface area contributed by atoms with Crippen LogP contribution >= 0.6 is 0 Å². The molecular formula is C24H34N4O. The molecule has 5 atom stereocenters. The van der Waals surface area contributed by atoms with Crippen molar-refractivity contribution in [3.05, 3.63) is 36.2 Å². The summed E-state index contributed by atoms with van der Waals surface area (Å²) in [6.45, 7) is 8.65. The van der Waals surface area contributed by atoms with Crippen molar-refractivity contribution in [3.8, 4) is 0 Å². The van der Waals surface area contributed by atoms with Crippen LogP contribution in [0.3, 0.4) is 0 Å². The summed E-state index contributed by atoms with van der Waals surface area (Å²) in [6.07, 6.45) is 11.2. The van der Waals surface area contributed by atoms with Crippen LogP contribution in [0.25, 0.3) is 0 Å². The molecule has 2 N–H and O–H groups in total. The second-order valence-corrected chi connectivity index (χ2v) is 10.3. The Labute approximate surface area is 174 Å². The zero-order valence-corrected chi connectivity index (χ0v) is 17.7. The number of carbonyl (C=O) groups excluding carboxylic acids is 1. The van der Waals surface area contributed by atoms with E-state index in [0.717, 1.165) is 37.2 Å². The lowest BCUT2D eigenvalue weighted by Crippen LogP contribution is -2.55. The summed E-state index contributed by atoms with van der Waals surface area (Å²) in [5, 5.41) is 6.51. The van der Waals surface area contributed by atoms with Gasteiger partial charge in [-0.25, -0.2) is 0 Å². The number of allylic oxidation sites excluding steroid dienone is 1. The SMILES string of the molecule is CC1(C)[C@H]2CC=C(CN3C[C@H]4CC[C@@H](C3)C4NC(=O)CNc3cccnc3)[C@@H]1C2. The first kappa shape index (κ1) is 19.1. The Morgan fingerprint density at radius 2 is 2.07 bits per heavy atom. The summed E-state index contributed by atoms with van der Waals surface area (Å²) in [5.41, 5.74) is 3.10.